The summed E-state index contributed by atoms with van der Waals surface area (Å²) in [4.78, 5) is 11.3. The first-order chi connectivity index (χ1) is 9.52. The van der Waals surface area contributed by atoms with Crippen LogP contribution in [0.3, 0.4) is 0 Å². The number of carbonyl (C=O) groups is 1. The van der Waals surface area contributed by atoms with Crippen LogP contribution in [0.2, 0.25) is 0 Å². The molecule has 3 N–H and O–H groups in total. The summed E-state index contributed by atoms with van der Waals surface area (Å²) >= 11 is 0. The van der Waals surface area contributed by atoms with E-state index in [2.05, 4.69) is 10.1 Å². The number of esters is 1. The van der Waals surface area contributed by atoms with E-state index in [1.807, 2.05) is 0 Å². The molecule has 0 unspecified atom stereocenters. The van der Waals surface area contributed by atoms with Gasteiger partial charge in [0.1, 0.15) is 0 Å². The second-order valence-corrected chi connectivity index (χ2v) is 5.04. The molecule has 0 radical (unpaired) electrons. The molecule has 1 aliphatic rings. The number of ether oxygens (including phenoxy) is 1. The maximum Gasteiger partial charge on any atom is 0.340 e. The molecule has 0 saturated heterocycles. The van der Waals surface area contributed by atoms with E-state index >= 15 is 0 Å². The molecule has 20 heavy (non-hydrogen) atoms. The third-order valence-corrected chi connectivity index (χ3v) is 3.62. The Morgan fingerprint density at radius 2 is 1.90 bits per heavy atom. The van der Waals surface area contributed by atoms with Crippen molar-refractivity contribution in [1.29, 1.82) is 0 Å². The monoisotopic (exact) mass is 284 g/mol. The number of nitrogens with one attached hydrogen (secondary N) is 1. The second kappa shape index (κ2) is 6.17. The topological polar surface area (TPSA) is 64.3 Å². The molecule has 4 nitrogen and oxygen atoms in total. The molecule has 0 aliphatic heterocycles. The Kier molecular flexibility index (Phi) is 4.54. The lowest BCUT2D eigenvalue weighted by atomic mass is 9.91. The minimum Gasteiger partial charge on any atom is -0.465 e. The Morgan fingerprint density at radius 1 is 1.25 bits per heavy atom. The van der Waals surface area contributed by atoms with Crippen LogP contribution in [0.1, 0.15) is 36.0 Å². The van der Waals surface area contributed by atoms with Crippen molar-refractivity contribution in [3.63, 3.8) is 0 Å². The predicted octanol–water partition coefficient (Wildman–Crippen LogP) is 2.43. The van der Waals surface area contributed by atoms with E-state index in [-0.39, 0.29) is 17.8 Å². The fraction of sp³-hybridized carbons (Fsp3) is 0.500. The Bertz CT molecular complexity index is 500. The van der Waals surface area contributed by atoms with Crippen LogP contribution in [0.4, 0.5) is 14.5 Å². The van der Waals surface area contributed by atoms with Crippen molar-refractivity contribution in [2.45, 2.75) is 37.8 Å². The minimum atomic E-state index is -1.19. The van der Waals surface area contributed by atoms with Crippen LogP contribution in [-0.4, -0.2) is 25.2 Å². The Labute approximate surface area is 116 Å². The van der Waals surface area contributed by atoms with Crippen molar-refractivity contribution >= 4 is 11.7 Å². The standard InChI is InChI=1S/C14H18F2N2O2/c1-20-14(19)10-6-7-11(13(16)12(10)15)18-9-4-2-8(17)3-5-9/h6-9,18H,2-5,17H2,1H3. The zero-order chi connectivity index (χ0) is 14.7. The fourth-order valence-corrected chi connectivity index (χ4v) is 2.41. The van der Waals surface area contributed by atoms with Gasteiger partial charge < -0.3 is 15.8 Å². The highest BCUT2D eigenvalue weighted by atomic mass is 19.2. The van der Waals surface area contributed by atoms with Gasteiger partial charge >= 0.3 is 5.97 Å². The van der Waals surface area contributed by atoms with Gasteiger partial charge in [0.2, 0.25) is 0 Å². The number of halogens is 2. The van der Waals surface area contributed by atoms with Gasteiger partial charge in [-0.2, -0.15) is 0 Å². The number of methoxy groups -OCH3 is 1. The summed E-state index contributed by atoms with van der Waals surface area (Å²) in [6.45, 7) is 0. The number of nitrogens with two attached hydrogens (primary N) is 1. The second-order valence-electron chi connectivity index (χ2n) is 5.04. The van der Waals surface area contributed by atoms with Crippen LogP contribution in [0.15, 0.2) is 12.1 Å². The van der Waals surface area contributed by atoms with Gasteiger partial charge in [-0.3, -0.25) is 0 Å². The summed E-state index contributed by atoms with van der Waals surface area (Å²) in [6.07, 6.45) is 3.37. The first-order valence-electron chi connectivity index (χ1n) is 6.61. The molecular formula is C14H18F2N2O2. The molecule has 110 valence electrons. The maximum absolute atomic E-state index is 13.9. The van der Waals surface area contributed by atoms with Crippen molar-refractivity contribution in [3.8, 4) is 0 Å². The third kappa shape index (κ3) is 3.07. The Morgan fingerprint density at radius 3 is 2.50 bits per heavy atom. The van der Waals surface area contributed by atoms with Crippen molar-refractivity contribution in [3.05, 3.63) is 29.3 Å². The molecule has 0 heterocycles. The average Bonchev–Trinajstić information content (AvgIpc) is 2.45. The fourth-order valence-electron chi connectivity index (χ4n) is 2.41. The lowest BCUT2D eigenvalue weighted by Gasteiger charge is -2.27. The predicted molar refractivity (Wildman–Crippen MR) is 71.6 cm³/mol. The molecule has 0 spiro atoms. The van der Waals surface area contributed by atoms with E-state index in [0.29, 0.717) is 0 Å². The van der Waals surface area contributed by atoms with Gasteiger partial charge in [-0.25, -0.2) is 13.6 Å². The van der Waals surface area contributed by atoms with Crippen molar-refractivity contribution < 1.29 is 18.3 Å². The molecule has 1 aliphatic carbocycles. The molecule has 0 bridgehead atoms. The maximum atomic E-state index is 13.9. The van der Waals surface area contributed by atoms with E-state index in [9.17, 15) is 13.6 Å². The van der Waals surface area contributed by atoms with E-state index in [4.69, 9.17) is 5.73 Å². The highest BCUT2D eigenvalue weighted by Gasteiger charge is 2.22. The molecule has 1 aromatic rings. The number of rotatable bonds is 3. The summed E-state index contributed by atoms with van der Waals surface area (Å²) in [7, 11) is 1.12. The average molecular weight is 284 g/mol. The highest BCUT2D eigenvalue weighted by Crippen LogP contribution is 2.25. The number of hydrogen-bond acceptors (Lipinski definition) is 4. The largest absolute Gasteiger partial charge is 0.465 e. The van der Waals surface area contributed by atoms with Gasteiger partial charge in [-0.15, -0.1) is 0 Å². The number of carbonyl (C=O) groups excluding carboxylic acids is 1. The minimum absolute atomic E-state index is 0.0654. The van der Waals surface area contributed by atoms with E-state index in [1.54, 1.807) is 0 Å². The zero-order valence-corrected chi connectivity index (χ0v) is 11.3. The normalized spacial score (nSPS) is 22.4. The third-order valence-electron chi connectivity index (χ3n) is 3.62. The summed E-state index contributed by atoms with van der Waals surface area (Å²) < 4.78 is 32.1. The Hall–Kier alpha value is -1.69. The summed E-state index contributed by atoms with van der Waals surface area (Å²) in [5.41, 5.74) is 5.46. The molecule has 1 aromatic carbocycles. The first-order valence-corrected chi connectivity index (χ1v) is 6.61. The smallest absolute Gasteiger partial charge is 0.340 e. The van der Waals surface area contributed by atoms with Crippen LogP contribution < -0.4 is 11.1 Å². The van der Waals surface area contributed by atoms with Gasteiger partial charge in [0.05, 0.1) is 18.4 Å². The SMILES string of the molecule is COC(=O)c1ccc(NC2CCC(N)CC2)c(F)c1F. The molecule has 0 amide bonds. The molecule has 2 rings (SSSR count). The molecule has 1 fully saturated rings. The molecule has 0 atom stereocenters. The van der Waals surface area contributed by atoms with Crippen LogP contribution >= 0.6 is 0 Å². The molecule has 1 saturated carbocycles. The number of benzene rings is 1. The van der Waals surface area contributed by atoms with Gasteiger partial charge in [0.15, 0.2) is 11.6 Å². The Balaban J connectivity index is 2.13. The van der Waals surface area contributed by atoms with Crippen LogP contribution in [0, 0.1) is 11.6 Å². The highest BCUT2D eigenvalue weighted by molar-refractivity contribution is 5.90. The number of anilines is 1. The lowest BCUT2D eigenvalue weighted by Crippen LogP contribution is -2.33. The van der Waals surface area contributed by atoms with Gasteiger partial charge in [0.25, 0.3) is 0 Å². The first kappa shape index (κ1) is 14.7. The van der Waals surface area contributed by atoms with Gasteiger partial charge in [-0.1, -0.05) is 0 Å². The zero-order valence-electron chi connectivity index (χ0n) is 11.3. The molecular weight excluding hydrogens is 266 g/mol. The van der Waals surface area contributed by atoms with Gasteiger partial charge in [0, 0.05) is 12.1 Å². The van der Waals surface area contributed by atoms with E-state index in [1.165, 1.54) is 12.1 Å². The van der Waals surface area contributed by atoms with E-state index in [0.717, 1.165) is 32.8 Å². The summed E-state index contributed by atoms with van der Waals surface area (Å²) in [5, 5.41) is 2.97. The number of hydrogen-bond donors (Lipinski definition) is 2. The van der Waals surface area contributed by atoms with Crippen molar-refractivity contribution in [2.75, 3.05) is 12.4 Å². The van der Waals surface area contributed by atoms with Crippen molar-refractivity contribution in [2.24, 2.45) is 5.73 Å². The van der Waals surface area contributed by atoms with Crippen LogP contribution in [-0.2, 0) is 4.74 Å². The van der Waals surface area contributed by atoms with Crippen LogP contribution in [0.25, 0.3) is 0 Å². The van der Waals surface area contributed by atoms with Crippen LogP contribution in [0.5, 0.6) is 0 Å². The molecule has 0 aromatic heterocycles. The summed E-state index contributed by atoms with van der Waals surface area (Å²) in [5.74, 6) is -3.13. The van der Waals surface area contributed by atoms with Crippen molar-refractivity contribution in [1.82, 2.24) is 0 Å². The quantitative estimate of drug-likeness (QED) is 0.837. The van der Waals surface area contributed by atoms with E-state index < -0.39 is 23.2 Å². The lowest BCUT2D eigenvalue weighted by molar-refractivity contribution is 0.0594. The van der Waals surface area contributed by atoms with Gasteiger partial charge in [-0.05, 0) is 37.8 Å². The summed E-state index contributed by atoms with van der Waals surface area (Å²) in [6, 6.07) is 2.85. The molecule has 6 heteroatoms.